The third-order valence-electron chi connectivity index (χ3n) is 12.7. The minimum absolute atomic E-state index is 0.0375. The molecule has 1 spiro atoms. The van der Waals surface area contributed by atoms with Crippen LogP contribution in [0.1, 0.15) is 83.4 Å². The number of ether oxygens (including phenoxy) is 9. The number of aliphatic hydroxyl groups excluding tert-OH is 1. The average molecular weight is 867 g/mol. The second-order valence-corrected chi connectivity index (χ2v) is 23.3. The van der Waals surface area contributed by atoms with E-state index in [4.69, 9.17) is 47.1 Å². The summed E-state index contributed by atoms with van der Waals surface area (Å²) in [6.07, 6.45) is 1.62. The molecule has 0 saturated carbocycles. The van der Waals surface area contributed by atoms with Crippen LogP contribution in [0.25, 0.3) is 0 Å². The van der Waals surface area contributed by atoms with Gasteiger partial charge in [0.15, 0.2) is 25.6 Å². The number of benzene rings is 3. The zero-order valence-corrected chi connectivity index (χ0v) is 39.4. The molecule has 11 nitrogen and oxygen atoms in total. The fourth-order valence-corrected chi connectivity index (χ4v) is 9.69. The fourth-order valence-electron chi connectivity index (χ4n) is 8.32. The fraction of sp³-hybridized carbons (Fsp3) is 0.633. The van der Waals surface area contributed by atoms with Gasteiger partial charge in [-0.25, -0.2) is 0 Å². The van der Waals surface area contributed by atoms with E-state index >= 15 is 0 Å². The maximum Gasteiger partial charge on any atom is 0.192 e. The first-order valence-electron chi connectivity index (χ1n) is 22.0. The van der Waals surface area contributed by atoms with Crippen LogP contribution in [0.5, 0.6) is 11.5 Å². The second kappa shape index (κ2) is 23.2. The monoisotopic (exact) mass is 867 g/mol. The van der Waals surface area contributed by atoms with Crippen molar-refractivity contribution in [3.05, 3.63) is 95.6 Å². The Balaban J connectivity index is 1.38. The normalized spacial score (nSPS) is 24.2. The molecule has 9 atom stereocenters. The summed E-state index contributed by atoms with van der Waals surface area (Å²) in [7, 11) is 2.86. The molecule has 12 heteroatoms. The largest absolute Gasteiger partial charge is 0.493 e. The molecule has 2 fully saturated rings. The molecule has 340 valence electrons. The summed E-state index contributed by atoms with van der Waals surface area (Å²) >= 11 is 0. The summed E-state index contributed by atoms with van der Waals surface area (Å²) in [6, 6.07) is 26.0. The van der Waals surface area contributed by atoms with Crippen LogP contribution >= 0.6 is 0 Å². The Kier molecular flexibility index (Phi) is 18.7. The molecule has 0 aliphatic carbocycles. The van der Waals surface area contributed by atoms with Gasteiger partial charge in [0.2, 0.25) is 0 Å². The minimum atomic E-state index is -2.15. The summed E-state index contributed by atoms with van der Waals surface area (Å²) in [5, 5.41) is 10.6. The Morgan fingerprint density at radius 3 is 1.95 bits per heavy atom. The molecule has 0 radical (unpaired) electrons. The Bertz CT molecular complexity index is 1710. The topological polar surface area (TPSA) is 113 Å². The van der Waals surface area contributed by atoms with Gasteiger partial charge in [-0.3, -0.25) is 0 Å². The molecule has 2 heterocycles. The van der Waals surface area contributed by atoms with Crippen LogP contribution in [0.3, 0.4) is 0 Å². The van der Waals surface area contributed by atoms with Crippen LogP contribution in [-0.2, 0) is 57.4 Å². The SMILES string of the molecule is COc1ccc(CO[C@H]([C@H](C)[C@@H](C[C@@H]2C[C@H](OC)C[C@@]3(C[C@@H](O[Si](C)(C)C(C)(C)C)C[C@H](COCc4ccccc4)O3)O2)OCOCc2ccccc2)[C@H](C)CO)cc1OC. The van der Waals surface area contributed by atoms with E-state index < -0.39 is 14.1 Å². The van der Waals surface area contributed by atoms with Crippen LogP contribution in [0.2, 0.25) is 18.1 Å². The van der Waals surface area contributed by atoms with Gasteiger partial charge in [0, 0.05) is 57.7 Å². The molecule has 0 amide bonds. The second-order valence-electron chi connectivity index (χ2n) is 18.5. The lowest BCUT2D eigenvalue weighted by Gasteiger charge is -2.52. The molecule has 1 N–H and O–H groups in total. The van der Waals surface area contributed by atoms with Gasteiger partial charge in [0.1, 0.15) is 6.79 Å². The van der Waals surface area contributed by atoms with Crippen molar-refractivity contribution in [3.63, 3.8) is 0 Å². The molecule has 61 heavy (non-hydrogen) atoms. The molecule has 0 aromatic heterocycles. The smallest absolute Gasteiger partial charge is 0.192 e. The molecule has 3 aromatic carbocycles. The van der Waals surface area contributed by atoms with Gasteiger partial charge in [-0.15, -0.1) is 0 Å². The van der Waals surface area contributed by atoms with Crippen LogP contribution in [-0.4, -0.2) is 97.2 Å². The quantitative estimate of drug-likeness (QED) is 0.0559. The standard InChI is InChI=1S/C49H74O11Si/c1-35(29-50)47(56-32-39-21-22-44(52-7)46(23-39)53-8)36(2)45(57-34-55-31-38-19-15-12-16-20-38)26-40-24-41(51-6)27-49(58-40)28-42(60-61(9,10)48(3,4)5)25-43(59-49)33-54-30-37-17-13-11-14-18-37/h11-23,35-36,40-43,45,47,50H,24-34H2,1-10H3/t35-,36-,40+,41+,42+,43-,45-,47+,49-/m1/s1. The molecule has 3 aromatic rings. The summed E-state index contributed by atoms with van der Waals surface area (Å²) in [6.45, 7) is 17.2. The van der Waals surface area contributed by atoms with Crippen molar-refractivity contribution >= 4 is 8.32 Å². The van der Waals surface area contributed by atoms with Crippen molar-refractivity contribution in [1.29, 1.82) is 0 Å². The van der Waals surface area contributed by atoms with E-state index in [0.717, 1.165) is 16.7 Å². The molecule has 2 aliphatic rings. The van der Waals surface area contributed by atoms with Gasteiger partial charge < -0.3 is 52.2 Å². The van der Waals surface area contributed by atoms with Gasteiger partial charge in [-0.05, 0) is 47.0 Å². The number of rotatable bonds is 23. The molecule has 0 unspecified atom stereocenters. The Morgan fingerprint density at radius 1 is 0.738 bits per heavy atom. The minimum Gasteiger partial charge on any atom is -0.493 e. The predicted octanol–water partition coefficient (Wildman–Crippen LogP) is 9.48. The van der Waals surface area contributed by atoms with Crippen molar-refractivity contribution < 1.29 is 52.2 Å². The molecule has 0 bridgehead atoms. The van der Waals surface area contributed by atoms with Crippen molar-refractivity contribution in [2.75, 3.05) is 41.3 Å². The third kappa shape index (κ3) is 14.3. The first kappa shape index (κ1) is 49.1. The van der Waals surface area contributed by atoms with Crippen LogP contribution in [0.15, 0.2) is 78.9 Å². The number of aliphatic hydroxyl groups is 1. The van der Waals surface area contributed by atoms with E-state index in [1.54, 1.807) is 21.3 Å². The van der Waals surface area contributed by atoms with E-state index in [-0.39, 0.29) is 66.9 Å². The summed E-state index contributed by atoms with van der Waals surface area (Å²) in [4.78, 5) is 0. The van der Waals surface area contributed by atoms with E-state index in [1.807, 2.05) is 73.7 Å². The third-order valence-corrected chi connectivity index (χ3v) is 17.3. The summed E-state index contributed by atoms with van der Waals surface area (Å²) in [5.74, 6) is -0.0402. The molecule has 2 aliphatic heterocycles. The average Bonchev–Trinajstić information content (AvgIpc) is 3.24. The van der Waals surface area contributed by atoms with Crippen LogP contribution < -0.4 is 9.47 Å². The van der Waals surface area contributed by atoms with E-state index in [1.165, 1.54) is 0 Å². The molecule has 5 rings (SSSR count). The number of methoxy groups -OCH3 is 3. The van der Waals surface area contributed by atoms with Crippen molar-refractivity contribution in [2.45, 2.75) is 147 Å². The Hall–Kier alpha value is -2.88. The van der Waals surface area contributed by atoms with Gasteiger partial charge in [-0.2, -0.15) is 0 Å². The van der Waals surface area contributed by atoms with Crippen molar-refractivity contribution in [3.8, 4) is 11.5 Å². The lowest BCUT2D eigenvalue weighted by molar-refractivity contribution is -0.345. The highest BCUT2D eigenvalue weighted by Gasteiger charge is 2.52. The number of hydrogen-bond acceptors (Lipinski definition) is 11. The Morgan fingerprint density at radius 2 is 1.34 bits per heavy atom. The molecular formula is C49H74O11Si. The zero-order chi connectivity index (χ0) is 44.0. The highest BCUT2D eigenvalue weighted by molar-refractivity contribution is 6.74. The maximum absolute atomic E-state index is 10.5. The maximum atomic E-state index is 10.5. The van der Waals surface area contributed by atoms with Gasteiger partial charge in [0.05, 0.1) is 77.3 Å². The highest BCUT2D eigenvalue weighted by atomic mass is 28.4. The summed E-state index contributed by atoms with van der Waals surface area (Å²) < 4.78 is 64.3. The van der Waals surface area contributed by atoms with Gasteiger partial charge in [0.25, 0.3) is 0 Å². The van der Waals surface area contributed by atoms with Gasteiger partial charge in [-0.1, -0.05) is 101 Å². The predicted molar refractivity (Wildman–Crippen MR) is 239 cm³/mol. The zero-order valence-electron chi connectivity index (χ0n) is 38.4. The van der Waals surface area contributed by atoms with Crippen molar-refractivity contribution in [1.82, 2.24) is 0 Å². The number of hydrogen-bond donors (Lipinski definition) is 1. The van der Waals surface area contributed by atoms with Crippen LogP contribution in [0, 0.1) is 11.8 Å². The van der Waals surface area contributed by atoms with E-state index in [9.17, 15) is 5.11 Å². The van der Waals surface area contributed by atoms with Crippen LogP contribution in [0.4, 0.5) is 0 Å². The van der Waals surface area contributed by atoms with Gasteiger partial charge >= 0.3 is 0 Å². The van der Waals surface area contributed by atoms with Crippen molar-refractivity contribution in [2.24, 2.45) is 11.8 Å². The molecule has 2 saturated heterocycles. The van der Waals surface area contributed by atoms with E-state index in [2.05, 4.69) is 52.9 Å². The summed E-state index contributed by atoms with van der Waals surface area (Å²) in [5.41, 5.74) is 3.10. The molecular weight excluding hydrogens is 793 g/mol. The first-order valence-corrected chi connectivity index (χ1v) is 24.9. The van der Waals surface area contributed by atoms with E-state index in [0.29, 0.717) is 70.0 Å². The lowest BCUT2D eigenvalue weighted by atomic mass is 9.84. The lowest BCUT2D eigenvalue weighted by Crippen LogP contribution is -2.58. The Labute approximate surface area is 366 Å². The highest BCUT2D eigenvalue weighted by Crippen LogP contribution is 2.46. The first-order chi connectivity index (χ1) is 29.2.